The third-order valence-corrected chi connectivity index (χ3v) is 5.84. The van der Waals surface area contributed by atoms with Crippen molar-refractivity contribution in [3.8, 4) is 0 Å². The Morgan fingerprint density at radius 1 is 1.03 bits per heavy atom. The van der Waals surface area contributed by atoms with Crippen LogP contribution in [-0.4, -0.2) is 85.8 Å². The first-order valence-electron chi connectivity index (χ1n) is 9.97. The van der Waals surface area contributed by atoms with E-state index >= 15 is 0 Å². The smallest absolute Gasteiger partial charge is 0.262 e. The van der Waals surface area contributed by atoms with Gasteiger partial charge in [0, 0.05) is 51.4 Å². The Morgan fingerprint density at radius 3 is 2.45 bits per heavy atom. The summed E-state index contributed by atoms with van der Waals surface area (Å²) in [5.74, 6) is -1.90. The van der Waals surface area contributed by atoms with Crippen LogP contribution in [0.1, 0.15) is 33.6 Å². The fraction of sp³-hybridized carbons (Fsp3) is 0.500. The molecule has 0 radical (unpaired) electrons. The lowest BCUT2D eigenvalue weighted by atomic mass is 10.0. The average Bonchev–Trinajstić information content (AvgIpc) is 2.97. The SMILES string of the molecule is CNCCN1CCN(c2ccc3c(c2)C(=O)N(C2CCC(=O)NC2=O)C3=O)CC1. The highest BCUT2D eigenvalue weighted by Gasteiger charge is 2.44. The summed E-state index contributed by atoms with van der Waals surface area (Å²) in [5, 5.41) is 5.37. The van der Waals surface area contributed by atoms with Crippen LogP contribution in [0.25, 0.3) is 0 Å². The highest BCUT2D eigenvalue weighted by atomic mass is 16.2. The number of imide groups is 2. The molecule has 0 spiro atoms. The van der Waals surface area contributed by atoms with Crippen LogP contribution in [0.3, 0.4) is 0 Å². The molecule has 0 aromatic heterocycles. The topological polar surface area (TPSA) is 102 Å². The van der Waals surface area contributed by atoms with Gasteiger partial charge in [0.15, 0.2) is 0 Å². The van der Waals surface area contributed by atoms with Gasteiger partial charge in [-0.15, -0.1) is 0 Å². The number of piperidine rings is 1. The zero-order chi connectivity index (χ0) is 20.5. The maximum Gasteiger partial charge on any atom is 0.262 e. The van der Waals surface area contributed by atoms with Crippen molar-refractivity contribution in [1.82, 2.24) is 20.4 Å². The summed E-state index contributed by atoms with van der Waals surface area (Å²) in [6, 6.07) is 4.36. The minimum atomic E-state index is -0.931. The van der Waals surface area contributed by atoms with Gasteiger partial charge in [0.1, 0.15) is 6.04 Å². The van der Waals surface area contributed by atoms with Crippen LogP contribution in [0.5, 0.6) is 0 Å². The molecule has 3 aliphatic rings. The summed E-state index contributed by atoms with van der Waals surface area (Å²) in [7, 11) is 1.94. The number of nitrogens with zero attached hydrogens (tertiary/aromatic N) is 3. The molecule has 0 saturated carbocycles. The number of amides is 4. The van der Waals surface area contributed by atoms with Crippen molar-refractivity contribution in [3.05, 3.63) is 29.3 Å². The lowest BCUT2D eigenvalue weighted by Crippen LogP contribution is -2.54. The molecule has 4 amide bonds. The fourth-order valence-corrected chi connectivity index (χ4v) is 4.16. The van der Waals surface area contributed by atoms with Gasteiger partial charge in [-0.1, -0.05) is 0 Å². The molecule has 9 nitrogen and oxygen atoms in total. The van der Waals surface area contributed by atoms with Gasteiger partial charge in [0.05, 0.1) is 11.1 Å². The van der Waals surface area contributed by atoms with Gasteiger partial charge in [-0.05, 0) is 31.7 Å². The molecule has 4 rings (SSSR count). The van der Waals surface area contributed by atoms with Crippen molar-refractivity contribution in [2.24, 2.45) is 0 Å². The first-order valence-corrected chi connectivity index (χ1v) is 9.97. The monoisotopic (exact) mass is 399 g/mol. The van der Waals surface area contributed by atoms with Gasteiger partial charge in [-0.25, -0.2) is 0 Å². The van der Waals surface area contributed by atoms with Crippen molar-refractivity contribution in [2.45, 2.75) is 18.9 Å². The molecule has 2 N–H and O–H groups in total. The molecule has 0 bridgehead atoms. The van der Waals surface area contributed by atoms with E-state index in [1.54, 1.807) is 12.1 Å². The number of nitrogens with one attached hydrogen (secondary N) is 2. The second kappa shape index (κ2) is 7.92. The summed E-state index contributed by atoms with van der Waals surface area (Å²) in [6.07, 6.45) is 0.282. The van der Waals surface area contributed by atoms with E-state index in [0.29, 0.717) is 11.1 Å². The van der Waals surface area contributed by atoms with E-state index in [1.807, 2.05) is 13.1 Å². The number of hydrogen-bond acceptors (Lipinski definition) is 7. The normalized spacial score (nSPS) is 22.9. The van der Waals surface area contributed by atoms with Crippen molar-refractivity contribution >= 4 is 29.3 Å². The number of carbonyl (C=O) groups excluding carboxylic acids is 4. The molecule has 2 fully saturated rings. The maximum atomic E-state index is 12.9. The second-order valence-corrected chi connectivity index (χ2v) is 7.61. The summed E-state index contributed by atoms with van der Waals surface area (Å²) in [6.45, 7) is 5.53. The lowest BCUT2D eigenvalue weighted by Gasteiger charge is -2.36. The van der Waals surface area contributed by atoms with Crippen LogP contribution in [0.4, 0.5) is 5.69 Å². The third kappa shape index (κ3) is 3.63. The van der Waals surface area contributed by atoms with Crippen molar-refractivity contribution in [2.75, 3.05) is 51.2 Å². The molecule has 1 atom stereocenters. The molecule has 1 unspecified atom stereocenters. The van der Waals surface area contributed by atoms with Crippen molar-refractivity contribution < 1.29 is 19.2 Å². The second-order valence-electron chi connectivity index (χ2n) is 7.61. The van der Waals surface area contributed by atoms with Crippen LogP contribution in [0.15, 0.2) is 18.2 Å². The van der Waals surface area contributed by atoms with E-state index in [4.69, 9.17) is 0 Å². The Balaban J connectivity index is 1.49. The Morgan fingerprint density at radius 2 is 1.76 bits per heavy atom. The van der Waals surface area contributed by atoms with Gasteiger partial charge in [0.25, 0.3) is 11.8 Å². The zero-order valence-electron chi connectivity index (χ0n) is 16.4. The minimum absolute atomic E-state index is 0.118. The van der Waals surface area contributed by atoms with Crippen LogP contribution >= 0.6 is 0 Å². The van der Waals surface area contributed by atoms with E-state index in [9.17, 15) is 19.2 Å². The lowest BCUT2D eigenvalue weighted by molar-refractivity contribution is -0.136. The summed E-state index contributed by atoms with van der Waals surface area (Å²) >= 11 is 0. The molecule has 29 heavy (non-hydrogen) atoms. The first kappa shape index (κ1) is 19.5. The van der Waals surface area contributed by atoms with E-state index < -0.39 is 23.8 Å². The van der Waals surface area contributed by atoms with E-state index in [-0.39, 0.29) is 18.7 Å². The van der Waals surface area contributed by atoms with Crippen LogP contribution in [0, 0.1) is 0 Å². The molecule has 1 aromatic rings. The summed E-state index contributed by atoms with van der Waals surface area (Å²) in [5.41, 5.74) is 1.55. The molecule has 3 aliphatic heterocycles. The van der Waals surface area contributed by atoms with E-state index in [2.05, 4.69) is 20.4 Å². The van der Waals surface area contributed by atoms with Gasteiger partial charge in [0.2, 0.25) is 11.8 Å². The van der Waals surface area contributed by atoms with Crippen LogP contribution in [0.2, 0.25) is 0 Å². The van der Waals surface area contributed by atoms with Crippen molar-refractivity contribution in [3.63, 3.8) is 0 Å². The molecule has 2 saturated heterocycles. The molecular weight excluding hydrogens is 374 g/mol. The van der Waals surface area contributed by atoms with Crippen molar-refractivity contribution in [1.29, 1.82) is 0 Å². The number of anilines is 1. The number of piperazine rings is 1. The molecule has 9 heteroatoms. The standard InChI is InChI=1S/C20H25N5O4/c1-21-6-7-23-8-10-24(11-9-23)13-2-3-14-15(12-13)20(29)25(19(14)28)16-4-5-17(26)22-18(16)27/h2-3,12,16,21H,4-11H2,1H3,(H,22,26,27). The summed E-state index contributed by atoms with van der Waals surface area (Å²) in [4.78, 5) is 54.9. The van der Waals surface area contributed by atoms with Gasteiger partial charge < -0.3 is 10.2 Å². The fourth-order valence-electron chi connectivity index (χ4n) is 4.16. The maximum absolute atomic E-state index is 12.9. The first-order chi connectivity index (χ1) is 14.0. The summed E-state index contributed by atoms with van der Waals surface area (Å²) < 4.78 is 0. The Kier molecular flexibility index (Phi) is 5.33. The number of benzene rings is 1. The Bertz CT molecular complexity index is 862. The number of hydrogen-bond donors (Lipinski definition) is 2. The molecule has 0 aliphatic carbocycles. The number of fused-ring (bicyclic) bond motifs is 1. The van der Waals surface area contributed by atoms with Crippen LogP contribution in [-0.2, 0) is 9.59 Å². The average molecular weight is 399 g/mol. The minimum Gasteiger partial charge on any atom is -0.369 e. The van der Waals surface area contributed by atoms with Gasteiger partial charge in [-0.2, -0.15) is 0 Å². The molecular formula is C20H25N5O4. The largest absolute Gasteiger partial charge is 0.369 e. The van der Waals surface area contributed by atoms with E-state index in [1.165, 1.54) is 0 Å². The van der Waals surface area contributed by atoms with Gasteiger partial charge >= 0.3 is 0 Å². The predicted octanol–water partition coefficient (Wildman–Crippen LogP) is -0.571. The third-order valence-electron chi connectivity index (χ3n) is 5.84. The van der Waals surface area contributed by atoms with Crippen LogP contribution < -0.4 is 15.5 Å². The number of rotatable bonds is 5. The number of carbonyl (C=O) groups is 4. The molecule has 154 valence electrons. The predicted molar refractivity (Wildman–Crippen MR) is 106 cm³/mol. The quantitative estimate of drug-likeness (QED) is 0.640. The molecule has 1 aromatic carbocycles. The number of likely N-dealkylation sites (N-methyl/N-ethyl adjacent to an activating group) is 1. The Labute approximate surface area is 169 Å². The van der Waals surface area contributed by atoms with Gasteiger partial charge in [-0.3, -0.25) is 34.3 Å². The zero-order valence-corrected chi connectivity index (χ0v) is 16.4. The molecule has 3 heterocycles. The van der Waals surface area contributed by atoms with E-state index in [0.717, 1.165) is 49.9 Å². The Hall–Kier alpha value is -2.78. The highest BCUT2D eigenvalue weighted by Crippen LogP contribution is 2.31. The highest BCUT2D eigenvalue weighted by molar-refractivity contribution is 6.23.